The third-order valence-corrected chi connectivity index (χ3v) is 5.99. The maximum atomic E-state index is 13.1. The van der Waals surface area contributed by atoms with E-state index in [9.17, 15) is 9.59 Å². The van der Waals surface area contributed by atoms with E-state index < -0.39 is 0 Å². The van der Waals surface area contributed by atoms with Crippen LogP contribution in [0.2, 0.25) is 0 Å². The van der Waals surface area contributed by atoms with Gasteiger partial charge < -0.3 is 10.2 Å². The summed E-state index contributed by atoms with van der Waals surface area (Å²) in [6, 6.07) is 10.0. The number of carbonyl (C=O) groups excluding carboxylic acids is 2. The summed E-state index contributed by atoms with van der Waals surface area (Å²) in [7, 11) is 0. The van der Waals surface area contributed by atoms with Crippen LogP contribution >= 0.6 is 0 Å². The van der Waals surface area contributed by atoms with Gasteiger partial charge in [0, 0.05) is 32.1 Å². The van der Waals surface area contributed by atoms with E-state index in [-0.39, 0.29) is 23.8 Å². The van der Waals surface area contributed by atoms with Crippen LogP contribution in [-0.2, 0) is 16.1 Å². The SMILES string of the molecule is CC(C)CN1CCCC[C@@H]1C(=O)N1CCC(C(=O)NCc2ccccc2)CC1. The van der Waals surface area contributed by atoms with E-state index in [1.165, 1.54) is 6.42 Å². The number of rotatable bonds is 6. The monoisotopic (exact) mass is 385 g/mol. The van der Waals surface area contributed by atoms with E-state index >= 15 is 0 Å². The number of carbonyl (C=O) groups is 2. The number of hydrogen-bond donors (Lipinski definition) is 1. The van der Waals surface area contributed by atoms with Crippen LogP contribution in [-0.4, -0.2) is 53.8 Å². The maximum absolute atomic E-state index is 13.1. The van der Waals surface area contributed by atoms with Gasteiger partial charge in [0.15, 0.2) is 0 Å². The molecule has 5 heteroatoms. The van der Waals surface area contributed by atoms with Gasteiger partial charge >= 0.3 is 0 Å². The lowest BCUT2D eigenvalue weighted by Crippen LogP contribution is -2.54. The van der Waals surface area contributed by atoms with Crippen LogP contribution in [0.25, 0.3) is 0 Å². The van der Waals surface area contributed by atoms with Gasteiger partial charge in [0.2, 0.25) is 11.8 Å². The molecule has 5 nitrogen and oxygen atoms in total. The molecule has 2 heterocycles. The first-order valence-electron chi connectivity index (χ1n) is 10.9. The van der Waals surface area contributed by atoms with E-state index in [1.54, 1.807) is 0 Å². The Labute approximate surface area is 169 Å². The first-order chi connectivity index (χ1) is 13.5. The smallest absolute Gasteiger partial charge is 0.239 e. The largest absolute Gasteiger partial charge is 0.352 e. The Kier molecular flexibility index (Phi) is 7.49. The second-order valence-electron chi connectivity index (χ2n) is 8.70. The quantitative estimate of drug-likeness (QED) is 0.819. The molecule has 2 saturated heterocycles. The molecule has 0 radical (unpaired) electrons. The molecule has 3 rings (SSSR count). The molecule has 0 aromatic heterocycles. The van der Waals surface area contributed by atoms with Gasteiger partial charge in [0.1, 0.15) is 0 Å². The molecule has 0 aliphatic carbocycles. The third-order valence-electron chi connectivity index (χ3n) is 5.99. The lowest BCUT2D eigenvalue weighted by Gasteiger charge is -2.40. The van der Waals surface area contributed by atoms with E-state index in [0.717, 1.165) is 44.3 Å². The fraction of sp³-hybridized carbons (Fsp3) is 0.652. The van der Waals surface area contributed by atoms with Crippen molar-refractivity contribution in [3.05, 3.63) is 35.9 Å². The highest BCUT2D eigenvalue weighted by Gasteiger charge is 2.34. The van der Waals surface area contributed by atoms with Crippen molar-refractivity contribution in [1.82, 2.24) is 15.1 Å². The van der Waals surface area contributed by atoms with E-state index in [2.05, 4.69) is 24.1 Å². The van der Waals surface area contributed by atoms with Gasteiger partial charge in [-0.2, -0.15) is 0 Å². The number of likely N-dealkylation sites (tertiary alicyclic amines) is 2. The molecule has 2 aliphatic rings. The Morgan fingerprint density at radius 2 is 1.75 bits per heavy atom. The standard InChI is InChI=1S/C23H35N3O2/c1-18(2)17-26-13-7-6-10-21(26)23(28)25-14-11-20(12-15-25)22(27)24-16-19-8-4-3-5-9-19/h3-5,8-9,18,20-21H,6-7,10-17H2,1-2H3,(H,24,27)/t21-/m1/s1. The molecule has 2 fully saturated rings. The van der Waals surface area contributed by atoms with Gasteiger partial charge in [-0.25, -0.2) is 0 Å². The van der Waals surface area contributed by atoms with Crippen LogP contribution in [0.5, 0.6) is 0 Å². The lowest BCUT2D eigenvalue weighted by molar-refractivity contribution is -0.141. The fourth-order valence-corrected chi connectivity index (χ4v) is 4.46. The molecular weight excluding hydrogens is 350 g/mol. The molecule has 1 N–H and O–H groups in total. The fourth-order valence-electron chi connectivity index (χ4n) is 4.46. The zero-order chi connectivity index (χ0) is 19.9. The topological polar surface area (TPSA) is 52.7 Å². The third kappa shape index (κ3) is 5.57. The molecule has 1 aromatic carbocycles. The van der Waals surface area contributed by atoms with Gasteiger partial charge in [-0.3, -0.25) is 14.5 Å². The predicted octanol–water partition coefficient (Wildman–Crippen LogP) is 3.05. The molecule has 0 bridgehead atoms. The highest BCUT2D eigenvalue weighted by molar-refractivity contribution is 5.83. The van der Waals surface area contributed by atoms with Gasteiger partial charge in [-0.15, -0.1) is 0 Å². The van der Waals surface area contributed by atoms with Crippen LogP contribution in [0.3, 0.4) is 0 Å². The summed E-state index contributed by atoms with van der Waals surface area (Å²) in [5.41, 5.74) is 1.12. The van der Waals surface area contributed by atoms with Crippen LogP contribution in [0, 0.1) is 11.8 Å². The normalized spacial score (nSPS) is 21.7. The molecule has 0 saturated carbocycles. The molecular formula is C23H35N3O2. The molecule has 2 amide bonds. The van der Waals surface area contributed by atoms with Crippen molar-refractivity contribution in [3.63, 3.8) is 0 Å². The number of piperidine rings is 2. The van der Waals surface area contributed by atoms with Gasteiger partial charge in [0.25, 0.3) is 0 Å². The highest BCUT2D eigenvalue weighted by Crippen LogP contribution is 2.24. The van der Waals surface area contributed by atoms with E-state index in [0.29, 0.717) is 25.6 Å². The van der Waals surface area contributed by atoms with Crippen LogP contribution in [0.4, 0.5) is 0 Å². The van der Waals surface area contributed by atoms with Crippen molar-refractivity contribution in [3.8, 4) is 0 Å². The molecule has 0 spiro atoms. The lowest BCUT2D eigenvalue weighted by atomic mass is 9.93. The first kappa shape index (κ1) is 20.8. The van der Waals surface area contributed by atoms with Crippen molar-refractivity contribution in [2.75, 3.05) is 26.2 Å². The number of nitrogens with one attached hydrogen (secondary N) is 1. The summed E-state index contributed by atoms with van der Waals surface area (Å²) in [4.78, 5) is 30.0. The molecule has 154 valence electrons. The highest BCUT2D eigenvalue weighted by atomic mass is 16.2. The van der Waals surface area contributed by atoms with E-state index in [1.807, 2.05) is 35.2 Å². The van der Waals surface area contributed by atoms with Crippen molar-refractivity contribution in [2.24, 2.45) is 11.8 Å². The minimum Gasteiger partial charge on any atom is -0.352 e. The zero-order valence-corrected chi connectivity index (χ0v) is 17.4. The Balaban J connectivity index is 1.47. The van der Waals surface area contributed by atoms with Gasteiger partial charge in [-0.05, 0) is 43.7 Å². The summed E-state index contributed by atoms with van der Waals surface area (Å²) >= 11 is 0. The van der Waals surface area contributed by atoms with Gasteiger partial charge in [0.05, 0.1) is 6.04 Å². The van der Waals surface area contributed by atoms with Crippen LogP contribution < -0.4 is 5.32 Å². The van der Waals surface area contributed by atoms with Crippen molar-refractivity contribution in [2.45, 2.75) is 58.5 Å². The first-order valence-corrected chi connectivity index (χ1v) is 10.9. The average Bonchev–Trinajstić information content (AvgIpc) is 2.72. The minimum atomic E-state index is 0.0193. The Morgan fingerprint density at radius 3 is 2.43 bits per heavy atom. The van der Waals surface area contributed by atoms with E-state index in [4.69, 9.17) is 0 Å². The van der Waals surface area contributed by atoms with Crippen LogP contribution in [0.1, 0.15) is 51.5 Å². The summed E-state index contributed by atoms with van der Waals surface area (Å²) < 4.78 is 0. The van der Waals surface area contributed by atoms with Crippen molar-refractivity contribution < 1.29 is 9.59 Å². The maximum Gasteiger partial charge on any atom is 0.239 e. The Morgan fingerprint density at radius 1 is 1.04 bits per heavy atom. The average molecular weight is 386 g/mol. The summed E-state index contributed by atoms with van der Waals surface area (Å²) in [6.07, 6.45) is 4.85. The van der Waals surface area contributed by atoms with Crippen LogP contribution in [0.15, 0.2) is 30.3 Å². The van der Waals surface area contributed by atoms with Gasteiger partial charge in [-0.1, -0.05) is 50.6 Å². The molecule has 2 aliphatic heterocycles. The number of amides is 2. The summed E-state index contributed by atoms with van der Waals surface area (Å²) in [6.45, 7) is 8.45. The summed E-state index contributed by atoms with van der Waals surface area (Å²) in [5, 5.41) is 3.05. The molecule has 28 heavy (non-hydrogen) atoms. The second kappa shape index (κ2) is 10.1. The molecule has 0 unspecified atom stereocenters. The molecule has 1 aromatic rings. The predicted molar refractivity (Wildman–Crippen MR) is 112 cm³/mol. The second-order valence-corrected chi connectivity index (χ2v) is 8.70. The Bertz CT molecular complexity index is 639. The number of benzene rings is 1. The van der Waals surface area contributed by atoms with Crippen molar-refractivity contribution >= 4 is 11.8 Å². The van der Waals surface area contributed by atoms with Crippen molar-refractivity contribution in [1.29, 1.82) is 0 Å². The minimum absolute atomic E-state index is 0.0193. The summed E-state index contributed by atoms with van der Waals surface area (Å²) in [5.74, 6) is 0.997. The molecule has 1 atom stereocenters. The number of hydrogen-bond acceptors (Lipinski definition) is 3. The number of nitrogens with zero attached hydrogens (tertiary/aromatic N) is 2. The Hall–Kier alpha value is -1.88. The zero-order valence-electron chi connectivity index (χ0n) is 17.4.